The lowest BCUT2D eigenvalue weighted by Crippen LogP contribution is -2.53. The van der Waals surface area contributed by atoms with Gasteiger partial charge in [0, 0.05) is 31.4 Å². The maximum absolute atomic E-state index is 2.61. The van der Waals surface area contributed by atoms with Crippen molar-refractivity contribution in [2.45, 2.75) is 18.9 Å². The van der Waals surface area contributed by atoms with Gasteiger partial charge in [-0.3, -0.25) is 0 Å². The van der Waals surface area contributed by atoms with Gasteiger partial charge in [-0.1, -0.05) is 18.2 Å². The van der Waals surface area contributed by atoms with E-state index in [1.165, 1.54) is 38.2 Å². The summed E-state index contributed by atoms with van der Waals surface area (Å²) in [4.78, 5) is 5.06. The zero-order chi connectivity index (χ0) is 10.3. The Hall–Kier alpha value is -1.02. The molecule has 0 radical (unpaired) electrons. The maximum atomic E-state index is 2.61. The topological polar surface area (TPSA) is 6.48 Å². The number of aryl methyl sites for hydroxylation is 1. The van der Waals surface area contributed by atoms with Gasteiger partial charge in [-0.2, -0.15) is 0 Å². The Bertz CT molecular complexity index is 361. The van der Waals surface area contributed by atoms with E-state index in [-0.39, 0.29) is 0 Å². The summed E-state index contributed by atoms with van der Waals surface area (Å²) in [6.45, 7) is 3.62. The molecule has 2 heteroatoms. The van der Waals surface area contributed by atoms with Gasteiger partial charge in [0.15, 0.2) is 0 Å². The van der Waals surface area contributed by atoms with Crippen LogP contribution >= 0.6 is 0 Å². The summed E-state index contributed by atoms with van der Waals surface area (Å²) < 4.78 is 0. The third kappa shape index (κ3) is 1.53. The van der Waals surface area contributed by atoms with Gasteiger partial charge in [0.25, 0.3) is 0 Å². The first-order valence-electron chi connectivity index (χ1n) is 5.88. The van der Waals surface area contributed by atoms with E-state index in [1.54, 1.807) is 5.56 Å². The molecule has 15 heavy (non-hydrogen) atoms. The van der Waals surface area contributed by atoms with Crippen molar-refractivity contribution >= 4 is 5.69 Å². The van der Waals surface area contributed by atoms with Crippen molar-refractivity contribution in [2.75, 3.05) is 31.6 Å². The molecule has 2 aliphatic rings. The Morgan fingerprint density at radius 3 is 3.00 bits per heavy atom. The summed E-state index contributed by atoms with van der Waals surface area (Å²) in [6.07, 6.45) is 2.58. The van der Waals surface area contributed by atoms with Crippen LogP contribution in [0.4, 0.5) is 5.69 Å². The molecule has 80 valence electrons. The molecule has 1 fully saturated rings. The summed E-state index contributed by atoms with van der Waals surface area (Å²) in [6, 6.07) is 9.64. The Morgan fingerprint density at radius 2 is 2.07 bits per heavy atom. The number of hydrogen-bond acceptors (Lipinski definition) is 2. The standard InChI is InChI=1S/C13H18N2/c1-14-8-9-15-12(10-14)7-6-11-4-2-3-5-13(11)15/h2-5,12H,6-10H2,1H3. The van der Waals surface area contributed by atoms with Crippen LogP contribution in [0.1, 0.15) is 12.0 Å². The minimum atomic E-state index is 0.749. The van der Waals surface area contributed by atoms with Crippen LogP contribution in [0.5, 0.6) is 0 Å². The fourth-order valence-corrected chi connectivity index (χ4v) is 2.90. The first kappa shape index (κ1) is 9.22. The van der Waals surface area contributed by atoms with Gasteiger partial charge in [0.2, 0.25) is 0 Å². The van der Waals surface area contributed by atoms with E-state index >= 15 is 0 Å². The molecule has 1 atom stereocenters. The number of likely N-dealkylation sites (N-methyl/N-ethyl adjacent to an activating group) is 1. The minimum absolute atomic E-state index is 0.749. The van der Waals surface area contributed by atoms with Gasteiger partial charge in [-0.05, 0) is 31.5 Å². The SMILES string of the molecule is CN1CCN2c3ccccc3CCC2C1. The molecule has 1 aromatic rings. The second-order valence-corrected chi connectivity index (χ2v) is 4.78. The molecule has 1 saturated heterocycles. The second-order valence-electron chi connectivity index (χ2n) is 4.78. The Morgan fingerprint density at radius 1 is 1.20 bits per heavy atom. The molecular weight excluding hydrogens is 184 g/mol. The van der Waals surface area contributed by atoms with E-state index in [0.29, 0.717) is 0 Å². The summed E-state index contributed by atoms with van der Waals surface area (Å²) in [5.41, 5.74) is 3.03. The monoisotopic (exact) mass is 202 g/mol. The summed E-state index contributed by atoms with van der Waals surface area (Å²) in [5.74, 6) is 0. The highest BCUT2D eigenvalue weighted by Gasteiger charge is 2.29. The van der Waals surface area contributed by atoms with Crippen LogP contribution in [-0.4, -0.2) is 37.6 Å². The van der Waals surface area contributed by atoms with E-state index in [9.17, 15) is 0 Å². The van der Waals surface area contributed by atoms with Crippen molar-refractivity contribution in [3.8, 4) is 0 Å². The molecule has 1 aromatic carbocycles. The maximum Gasteiger partial charge on any atom is 0.0420 e. The number of rotatable bonds is 0. The molecular formula is C13H18N2. The Balaban J connectivity index is 1.93. The predicted octanol–water partition coefficient (Wildman–Crippen LogP) is 1.75. The van der Waals surface area contributed by atoms with Crippen LogP contribution in [0, 0.1) is 0 Å². The van der Waals surface area contributed by atoms with Gasteiger partial charge in [-0.15, -0.1) is 0 Å². The molecule has 0 bridgehead atoms. The Kier molecular flexibility index (Phi) is 2.17. The van der Waals surface area contributed by atoms with Gasteiger partial charge >= 0.3 is 0 Å². The molecule has 0 spiro atoms. The third-order valence-electron chi connectivity index (χ3n) is 3.73. The van der Waals surface area contributed by atoms with Crippen LogP contribution in [0.25, 0.3) is 0 Å². The largest absolute Gasteiger partial charge is 0.366 e. The first-order valence-corrected chi connectivity index (χ1v) is 5.88. The molecule has 2 aliphatic heterocycles. The molecule has 3 rings (SSSR count). The van der Waals surface area contributed by atoms with Gasteiger partial charge < -0.3 is 9.80 Å². The number of hydrogen-bond donors (Lipinski definition) is 0. The second kappa shape index (κ2) is 3.53. The number of nitrogens with zero attached hydrogens (tertiary/aromatic N) is 2. The van der Waals surface area contributed by atoms with Crippen molar-refractivity contribution in [2.24, 2.45) is 0 Å². The number of piperazine rings is 1. The average molecular weight is 202 g/mol. The normalized spacial score (nSPS) is 25.9. The lowest BCUT2D eigenvalue weighted by Gasteiger charge is -2.45. The molecule has 0 amide bonds. The number of para-hydroxylation sites is 1. The van der Waals surface area contributed by atoms with Gasteiger partial charge in [0.1, 0.15) is 0 Å². The first-order chi connectivity index (χ1) is 7.34. The molecule has 0 aromatic heterocycles. The highest BCUT2D eigenvalue weighted by atomic mass is 15.3. The lowest BCUT2D eigenvalue weighted by atomic mass is 9.94. The van der Waals surface area contributed by atoms with E-state index in [0.717, 1.165) is 6.04 Å². The molecule has 2 heterocycles. The van der Waals surface area contributed by atoms with Crippen LogP contribution in [0.15, 0.2) is 24.3 Å². The van der Waals surface area contributed by atoms with Crippen molar-refractivity contribution in [1.82, 2.24) is 4.90 Å². The zero-order valence-electron chi connectivity index (χ0n) is 9.32. The minimum Gasteiger partial charge on any atom is -0.366 e. The van der Waals surface area contributed by atoms with E-state index in [1.807, 2.05) is 0 Å². The van der Waals surface area contributed by atoms with Crippen molar-refractivity contribution < 1.29 is 0 Å². The lowest BCUT2D eigenvalue weighted by molar-refractivity contribution is 0.256. The molecule has 0 N–H and O–H groups in total. The molecule has 0 saturated carbocycles. The van der Waals surface area contributed by atoms with Gasteiger partial charge in [0.05, 0.1) is 0 Å². The fourth-order valence-electron chi connectivity index (χ4n) is 2.90. The highest BCUT2D eigenvalue weighted by Crippen LogP contribution is 2.31. The predicted molar refractivity (Wildman–Crippen MR) is 63.4 cm³/mol. The summed E-state index contributed by atoms with van der Waals surface area (Å²) >= 11 is 0. The van der Waals surface area contributed by atoms with Crippen LogP contribution < -0.4 is 4.90 Å². The quantitative estimate of drug-likeness (QED) is 0.632. The van der Waals surface area contributed by atoms with Crippen LogP contribution in [0.2, 0.25) is 0 Å². The number of benzene rings is 1. The highest BCUT2D eigenvalue weighted by molar-refractivity contribution is 5.56. The van der Waals surface area contributed by atoms with Gasteiger partial charge in [-0.25, -0.2) is 0 Å². The fraction of sp³-hybridized carbons (Fsp3) is 0.538. The summed E-state index contributed by atoms with van der Waals surface area (Å²) in [7, 11) is 2.23. The number of anilines is 1. The molecule has 2 nitrogen and oxygen atoms in total. The van der Waals surface area contributed by atoms with Crippen LogP contribution in [0.3, 0.4) is 0 Å². The summed E-state index contributed by atoms with van der Waals surface area (Å²) in [5, 5.41) is 0. The zero-order valence-corrected chi connectivity index (χ0v) is 9.32. The van der Waals surface area contributed by atoms with E-state index < -0.39 is 0 Å². The molecule has 0 aliphatic carbocycles. The average Bonchev–Trinajstić information content (AvgIpc) is 2.28. The number of fused-ring (bicyclic) bond motifs is 3. The van der Waals surface area contributed by atoms with Crippen molar-refractivity contribution in [1.29, 1.82) is 0 Å². The smallest absolute Gasteiger partial charge is 0.0420 e. The Labute approximate surface area is 91.5 Å². The third-order valence-corrected chi connectivity index (χ3v) is 3.73. The van der Waals surface area contributed by atoms with Crippen LogP contribution in [-0.2, 0) is 6.42 Å². The van der Waals surface area contributed by atoms with Crippen molar-refractivity contribution in [3.63, 3.8) is 0 Å². The van der Waals surface area contributed by atoms with Crippen molar-refractivity contribution in [3.05, 3.63) is 29.8 Å². The molecule has 1 unspecified atom stereocenters. The van der Waals surface area contributed by atoms with E-state index in [4.69, 9.17) is 0 Å². The van der Waals surface area contributed by atoms with E-state index in [2.05, 4.69) is 41.1 Å².